The van der Waals surface area contributed by atoms with E-state index in [1.807, 2.05) is 13.0 Å². The van der Waals surface area contributed by atoms with Gasteiger partial charge in [-0.1, -0.05) is 6.92 Å². The Morgan fingerprint density at radius 3 is 2.81 bits per heavy atom. The van der Waals surface area contributed by atoms with Gasteiger partial charge in [0, 0.05) is 24.0 Å². The predicted molar refractivity (Wildman–Crippen MR) is 85.3 cm³/mol. The van der Waals surface area contributed by atoms with Crippen LogP contribution in [0.25, 0.3) is 0 Å². The summed E-state index contributed by atoms with van der Waals surface area (Å²) in [5.41, 5.74) is 1.15. The van der Waals surface area contributed by atoms with E-state index in [9.17, 15) is 13.2 Å². The van der Waals surface area contributed by atoms with Crippen molar-refractivity contribution >= 4 is 27.3 Å². The zero-order valence-corrected chi connectivity index (χ0v) is 14.3. The Kier molecular flexibility index (Phi) is 5.06. The Balaban J connectivity index is 2.02. The molecule has 2 heterocycles. The summed E-state index contributed by atoms with van der Waals surface area (Å²) in [6.45, 7) is 5.00. The van der Waals surface area contributed by atoms with Crippen molar-refractivity contribution in [2.75, 3.05) is 19.3 Å². The van der Waals surface area contributed by atoms with Crippen LogP contribution in [0.4, 0.5) is 0 Å². The van der Waals surface area contributed by atoms with Crippen molar-refractivity contribution in [3.8, 4) is 0 Å². The highest BCUT2D eigenvalue weighted by atomic mass is 32.2. The summed E-state index contributed by atoms with van der Waals surface area (Å²) in [6.07, 6.45) is 3.74. The summed E-state index contributed by atoms with van der Waals surface area (Å²) in [5, 5.41) is 2.97. The zero-order valence-electron chi connectivity index (χ0n) is 12.7. The summed E-state index contributed by atoms with van der Waals surface area (Å²) in [5.74, 6) is -0.0943. The first-order valence-electron chi connectivity index (χ1n) is 7.16. The number of sulfonamides is 1. The van der Waals surface area contributed by atoms with Gasteiger partial charge in [0.05, 0.1) is 11.1 Å². The normalized spacial score (nSPS) is 20.4. The summed E-state index contributed by atoms with van der Waals surface area (Å²) < 4.78 is 24.6. The van der Waals surface area contributed by atoms with Gasteiger partial charge < -0.3 is 5.32 Å². The number of carbonyl (C=O) groups is 1. The van der Waals surface area contributed by atoms with Gasteiger partial charge in [-0.2, -0.15) is 0 Å². The van der Waals surface area contributed by atoms with E-state index >= 15 is 0 Å². The minimum Gasteiger partial charge on any atom is -0.347 e. The lowest BCUT2D eigenvalue weighted by molar-refractivity contribution is 0.0925. The maximum atomic E-state index is 12.3. The lowest BCUT2D eigenvalue weighted by atomic mass is 10.1. The van der Waals surface area contributed by atoms with Gasteiger partial charge in [-0.25, -0.2) is 12.7 Å². The number of hydrogen-bond donors (Lipinski definition) is 1. The number of rotatable bonds is 4. The largest absolute Gasteiger partial charge is 0.347 e. The number of piperidine rings is 1. The molecule has 0 saturated carbocycles. The molecule has 0 bridgehead atoms. The Morgan fingerprint density at radius 2 is 2.24 bits per heavy atom. The molecule has 118 valence electrons. The maximum Gasteiger partial charge on any atom is 0.261 e. The first-order chi connectivity index (χ1) is 9.81. The second-order valence-electron chi connectivity index (χ2n) is 5.50. The molecule has 1 aromatic heterocycles. The van der Waals surface area contributed by atoms with Crippen LogP contribution in [0, 0.1) is 6.92 Å². The third kappa shape index (κ3) is 4.05. The number of nitrogens with zero attached hydrogens (tertiary/aromatic N) is 1. The predicted octanol–water partition coefficient (Wildman–Crippen LogP) is 1.77. The highest BCUT2D eigenvalue weighted by molar-refractivity contribution is 7.88. The second-order valence-corrected chi connectivity index (χ2v) is 8.62. The van der Waals surface area contributed by atoms with E-state index in [0.717, 1.165) is 24.8 Å². The summed E-state index contributed by atoms with van der Waals surface area (Å²) in [6, 6.07) is 1.81. The van der Waals surface area contributed by atoms with Gasteiger partial charge in [-0.15, -0.1) is 11.3 Å². The van der Waals surface area contributed by atoms with Crippen molar-refractivity contribution in [3.63, 3.8) is 0 Å². The summed E-state index contributed by atoms with van der Waals surface area (Å²) in [7, 11) is -3.18. The fraction of sp³-hybridized carbons (Fsp3) is 0.643. The molecule has 1 aliphatic heterocycles. The summed E-state index contributed by atoms with van der Waals surface area (Å²) in [4.78, 5) is 14.2. The number of nitrogens with one attached hydrogen (secondary N) is 1. The van der Waals surface area contributed by atoms with Crippen LogP contribution >= 0.6 is 11.3 Å². The van der Waals surface area contributed by atoms with Crippen molar-refractivity contribution in [1.29, 1.82) is 0 Å². The summed E-state index contributed by atoms with van der Waals surface area (Å²) >= 11 is 1.52. The molecule has 2 rings (SSSR count). The van der Waals surface area contributed by atoms with Crippen molar-refractivity contribution in [1.82, 2.24) is 9.62 Å². The first-order valence-corrected chi connectivity index (χ1v) is 9.83. The average Bonchev–Trinajstić information content (AvgIpc) is 2.79. The van der Waals surface area contributed by atoms with Gasteiger partial charge >= 0.3 is 0 Å². The maximum absolute atomic E-state index is 12.3. The van der Waals surface area contributed by atoms with Gasteiger partial charge in [0.15, 0.2) is 0 Å². The average molecular weight is 330 g/mol. The van der Waals surface area contributed by atoms with Crippen LogP contribution in [0.15, 0.2) is 6.07 Å². The van der Waals surface area contributed by atoms with E-state index in [-0.39, 0.29) is 11.9 Å². The molecule has 1 fully saturated rings. The molecule has 5 nitrogen and oxygen atoms in total. The van der Waals surface area contributed by atoms with E-state index in [2.05, 4.69) is 12.2 Å². The number of carbonyl (C=O) groups excluding carboxylic acids is 1. The van der Waals surface area contributed by atoms with Crippen LogP contribution in [0.3, 0.4) is 0 Å². The molecule has 0 aromatic carbocycles. The SMILES string of the molecule is CCc1sc(C(=O)NC2CCCN(S(C)(=O)=O)C2)cc1C. The first kappa shape index (κ1) is 16.5. The van der Waals surface area contributed by atoms with Gasteiger partial charge in [-0.3, -0.25) is 4.79 Å². The minimum atomic E-state index is -3.18. The fourth-order valence-corrected chi connectivity index (χ4v) is 4.53. The molecular formula is C14H22N2O3S2. The molecule has 21 heavy (non-hydrogen) atoms. The smallest absolute Gasteiger partial charge is 0.261 e. The molecule has 0 aliphatic carbocycles. The van der Waals surface area contributed by atoms with Crippen LogP contribution in [0.1, 0.15) is 39.9 Å². The fourth-order valence-electron chi connectivity index (χ4n) is 2.60. The van der Waals surface area contributed by atoms with Crippen LogP contribution in [0.2, 0.25) is 0 Å². The third-order valence-corrected chi connectivity index (χ3v) is 6.40. The Labute approximate surface area is 130 Å². The quantitative estimate of drug-likeness (QED) is 0.915. The van der Waals surface area contributed by atoms with E-state index in [0.29, 0.717) is 18.0 Å². The number of thiophene rings is 1. The van der Waals surface area contributed by atoms with Gasteiger partial charge in [0.25, 0.3) is 5.91 Å². The Hall–Kier alpha value is -0.920. The minimum absolute atomic E-state index is 0.0943. The van der Waals surface area contributed by atoms with E-state index in [4.69, 9.17) is 0 Å². The van der Waals surface area contributed by atoms with Gasteiger partial charge in [0.1, 0.15) is 0 Å². The van der Waals surface area contributed by atoms with Crippen LogP contribution < -0.4 is 5.32 Å². The van der Waals surface area contributed by atoms with Crippen LogP contribution in [0.5, 0.6) is 0 Å². The van der Waals surface area contributed by atoms with Crippen molar-refractivity contribution < 1.29 is 13.2 Å². The number of amides is 1. The molecular weight excluding hydrogens is 308 g/mol. The lowest BCUT2D eigenvalue weighted by Crippen LogP contribution is -2.49. The molecule has 0 spiro atoms. The van der Waals surface area contributed by atoms with E-state index in [1.54, 1.807) is 0 Å². The van der Waals surface area contributed by atoms with Crippen LogP contribution in [-0.2, 0) is 16.4 Å². The zero-order chi connectivity index (χ0) is 15.6. The Bertz CT molecular complexity index is 622. The third-order valence-electron chi connectivity index (χ3n) is 3.75. The van der Waals surface area contributed by atoms with Crippen molar-refractivity contribution in [2.24, 2.45) is 0 Å². The van der Waals surface area contributed by atoms with Gasteiger partial charge in [-0.05, 0) is 37.8 Å². The molecule has 1 atom stereocenters. The van der Waals surface area contributed by atoms with E-state index < -0.39 is 10.0 Å². The second kappa shape index (κ2) is 6.46. The molecule has 1 aromatic rings. The molecule has 1 amide bonds. The molecule has 1 N–H and O–H groups in total. The highest BCUT2D eigenvalue weighted by Gasteiger charge is 2.27. The lowest BCUT2D eigenvalue weighted by Gasteiger charge is -2.31. The number of hydrogen-bond acceptors (Lipinski definition) is 4. The highest BCUT2D eigenvalue weighted by Crippen LogP contribution is 2.23. The molecule has 1 unspecified atom stereocenters. The van der Waals surface area contributed by atoms with Gasteiger partial charge in [0.2, 0.25) is 10.0 Å². The van der Waals surface area contributed by atoms with E-state index in [1.165, 1.54) is 26.8 Å². The standard InChI is InChI=1S/C14H22N2O3S2/c1-4-12-10(2)8-13(20-12)14(17)15-11-6-5-7-16(9-11)21(3,18)19/h8,11H,4-7,9H2,1-3H3,(H,15,17). The molecule has 1 aliphatic rings. The number of aryl methyl sites for hydroxylation is 2. The van der Waals surface area contributed by atoms with Crippen molar-refractivity contribution in [2.45, 2.75) is 39.2 Å². The Morgan fingerprint density at radius 1 is 1.52 bits per heavy atom. The monoisotopic (exact) mass is 330 g/mol. The van der Waals surface area contributed by atoms with Crippen molar-refractivity contribution in [3.05, 3.63) is 21.4 Å². The molecule has 1 saturated heterocycles. The van der Waals surface area contributed by atoms with Crippen LogP contribution in [-0.4, -0.2) is 44.0 Å². The molecule has 0 radical (unpaired) electrons. The topological polar surface area (TPSA) is 66.5 Å². The molecule has 7 heteroatoms.